The van der Waals surface area contributed by atoms with Crippen molar-refractivity contribution in [2.24, 2.45) is 0 Å². The van der Waals surface area contributed by atoms with Crippen LogP contribution in [-0.4, -0.2) is 48.5 Å². The standard InChI is InChI=1S/C24H23N5O2/c30-23(28-12-9-24(31,10-13-28)21-8-4-5-11-25-21)19-14-20-22(26-15-19)29(17-27-20)16-18-6-2-1-3-7-18/h1-8,11,14-15,17,31H,9-10,12-13,16H2. The van der Waals surface area contributed by atoms with Crippen LogP contribution < -0.4 is 0 Å². The van der Waals surface area contributed by atoms with Crippen LogP contribution in [-0.2, 0) is 12.1 Å². The lowest BCUT2D eigenvalue weighted by Crippen LogP contribution is -2.45. The lowest BCUT2D eigenvalue weighted by atomic mass is 9.87. The van der Waals surface area contributed by atoms with Crippen LogP contribution in [0.3, 0.4) is 0 Å². The van der Waals surface area contributed by atoms with Crippen LogP contribution in [0.15, 0.2) is 73.3 Å². The van der Waals surface area contributed by atoms with Crippen LogP contribution >= 0.6 is 0 Å². The quantitative estimate of drug-likeness (QED) is 0.556. The molecule has 7 nitrogen and oxygen atoms in total. The minimum atomic E-state index is -0.990. The van der Waals surface area contributed by atoms with E-state index in [1.165, 1.54) is 0 Å². The summed E-state index contributed by atoms with van der Waals surface area (Å²) in [6, 6.07) is 17.5. The second-order valence-electron chi connectivity index (χ2n) is 7.96. The smallest absolute Gasteiger partial charge is 0.255 e. The van der Waals surface area contributed by atoms with E-state index in [1.807, 2.05) is 41.0 Å². The Bertz CT molecular complexity index is 1200. The monoisotopic (exact) mass is 413 g/mol. The Hall–Kier alpha value is -3.58. The van der Waals surface area contributed by atoms with Crippen molar-refractivity contribution >= 4 is 17.1 Å². The van der Waals surface area contributed by atoms with Gasteiger partial charge in [0.25, 0.3) is 5.91 Å². The second kappa shape index (κ2) is 7.92. The average Bonchev–Trinajstić information content (AvgIpc) is 3.22. The van der Waals surface area contributed by atoms with Gasteiger partial charge in [-0.1, -0.05) is 36.4 Å². The molecule has 0 atom stereocenters. The number of carbonyl (C=O) groups is 1. The van der Waals surface area contributed by atoms with Gasteiger partial charge in [-0.3, -0.25) is 9.78 Å². The Morgan fingerprint density at radius 2 is 1.77 bits per heavy atom. The van der Waals surface area contributed by atoms with E-state index in [2.05, 4.69) is 27.1 Å². The summed E-state index contributed by atoms with van der Waals surface area (Å²) in [5.41, 5.74) is 2.80. The molecule has 3 aromatic heterocycles. The molecule has 0 bridgehead atoms. The Kier molecular flexibility index (Phi) is 4.95. The molecule has 4 aromatic rings. The molecule has 1 amide bonds. The van der Waals surface area contributed by atoms with Gasteiger partial charge in [0, 0.05) is 25.5 Å². The molecular formula is C24H23N5O2. The second-order valence-corrected chi connectivity index (χ2v) is 7.96. The van der Waals surface area contributed by atoms with Crippen LogP contribution in [0.4, 0.5) is 0 Å². The minimum absolute atomic E-state index is 0.0879. The fourth-order valence-corrected chi connectivity index (χ4v) is 4.12. The number of aliphatic hydroxyl groups is 1. The van der Waals surface area contributed by atoms with E-state index >= 15 is 0 Å². The summed E-state index contributed by atoms with van der Waals surface area (Å²) in [6.45, 7) is 1.61. The molecule has 4 heterocycles. The lowest BCUT2D eigenvalue weighted by Gasteiger charge is -2.37. The van der Waals surface area contributed by atoms with Crippen molar-refractivity contribution in [1.82, 2.24) is 24.4 Å². The number of fused-ring (bicyclic) bond motifs is 1. The highest BCUT2D eigenvalue weighted by atomic mass is 16.3. The van der Waals surface area contributed by atoms with Gasteiger partial charge in [-0.15, -0.1) is 0 Å². The number of imidazole rings is 1. The van der Waals surface area contributed by atoms with Gasteiger partial charge < -0.3 is 14.6 Å². The van der Waals surface area contributed by atoms with Gasteiger partial charge in [0.1, 0.15) is 11.1 Å². The maximum Gasteiger partial charge on any atom is 0.255 e. The number of likely N-dealkylation sites (tertiary alicyclic amines) is 1. The summed E-state index contributed by atoms with van der Waals surface area (Å²) in [6.07, 6.45) is 5.97. The third-order valence-corrected chi connectivity index (χ3v) is 5.92. The van der Waals surface area contributed by atoms with Crippen molar-refractivity contribution in [1.29, 1.82) is 0 Å². The molecule has 1 aliphatic rings. The number of aromatic nitrogens is 4. The number of rotatable bonds is 4. The number of pyridine rings is 2. The normalized spacial score (nSPS) is 15.8. The molecule has 5 rings (SSSR count). The largest absolute Gasteiger partial charge is 0.383 e. The van der Waals surface area contributed by atoms with Crippen molar-refractivity contribution < 1.29 is 9.90 Å². The van der Waals surface area contributed by atoms with Crippen LogP contribution in [0, 0.1) is 0 Å². The Labute approximate surface area is 180 Å². The summed E-state index contributed by atoms with van der Waals surface area (Å²) < 4.78 is 1.98. The van der Waals surface area contributed by atoms with Crippen LogP contribution in [0.2, 0.25) is 0 Å². The zero-order chi connectivity index (χ0) is 21.3. The van der Waals surface area contributed by atoms with E-state index in [0.717, 1.165) is 11.2 Å². The first-order valence-corrected chi connectivity index (χ1v) is 10.4. The number of benzene rings is 1. The minimum Gasteiger partial charge on any atom is -0.383 e. The average molecular weight is 413 g/mol. The van der Waals surface area contributed by atoms with Crippen molar-refractivity contribution in [3.63, 3.8) is 0 Å². The first-order valence-electron chi connectivity index (χ1n) is 10.4. The van der Waals surface area contributed by atoms with E-state index in [1.54, 1.807) is 29.7 Å². The first kappa shape index (κ1) is 19.4. The van der Waals surface area contributed by atoms with Crippen molar-refractivity contribution in [2.75, 3.05) is 13.1 Å². The lowest BCUT2D eigenvalue weighted by molar-refractivity contribution is -0.0244. The van der Waals surface area contributed by atoms with Gasteiger partial charge >= 0.3 is 0 Å². The Morgan fingerprint density at radius 1 is 1.00 bits per heavy atom. The molecular weight excluding hydrogens is 390 g/mol. The summed E-state index contributed by atoms with van der Waals surface area (Å²) in [4.78, 5) is 28.1. The predicted octanol–water partition coefficient (Wildman–Crippen LogP) is 3.00. The molecule has 1 N–H and O–H groups in total. The summed E-state index contributed by atoms with van der Waals surface area (Å²) in [5, 5.41) is 11.0. The number of piperidine rings is 1. The molecule has 1 fully saturated rings. The predicted molar refractivity (Wildman–Crippen MR) is 116 cm³/mol. The zero-order valence-corrected chi connectivity index (χ0v) is 17.1. The van der Waals surface area contributed by atoms with Gasteiger partial charge in [-0.2, -0.15) is 0 Å². The van der Waals surface area contributed by atoms with E-state index in [-0.39, 0.29) is 5.91 Å². The van der Waals surface area contributed by atoms with Crippen molar-refractivity contribution in [2.45, 2.75) is 25.0 Å². The van der Waals surface area contributed by atoms with Crippen molar-refractivity contribution in [3.05, 3.63) is 90.1 Å². The molecule has 0 radical (unpaired) electrons. The molecule has 1 aromatic carbocycles. The van der Waals surface area contributed by atoms with Gasteiger partial charge in [-0.25, -0.2) is 9.97 Å². The van der Waals surface area contributed by atoms with Crippen molar-refractivity contribution in [3.8, 4) is 0 Å². The SMILES string of the molecule is O=C(c1cnc2c(c1)ncn2Cc1ccccc1)N1CCC(O)(c2ccccn2)CC1. The molecule has 0 unspecified atom stereocenters. The highest BCUT2D eigenvalue weighted by molar-refractivity contribution is 5.96. The van der Waals surface area contributed by atoms with Crippen LogP contribution in [0.1, 0.15) is 34.5 Å². The first-order chi connectivity index (χ1) is 15.1. The molecule has 0 spiro atoms. The third kappa shape index (κ3) is 3.80. The van der Waals surface area contributed by atoms with Crippen LogP contribution in [0.5, 0.6) is 0 Å². The maximum atomic E-state index is 13.0. The molecule has 31 heavy (non-hydrogen) atoms. The molecule has 0 saturated carbocycles. The van der Waals surface area contributed by atoms with E-state index < -0.39 is 5.60 Å². The fourth-order valence-electron chi connectivity index (χ4n) is 4.12. The number of amides is 1. The molecule has 1 saturated heterocycles. The number of nitrogens with zero attached hydrogens (tertiary/aromatic N) is 5. The van der Waals surface area contributed by atoms with Gasteiger partial charge in [0.15, 0.2) is 5.65 Å². The highest BCUT2D eigenvalue weighted by Crippen LogP contribution is 2.32. The maximum absolute atomic E-state index is 13.0. The fraction of sp³-hybridized carbons (Fsp3) is 0.250. The molecule has 1 aliphatic heterocycles. The van der Waals surface area contributed by atoms with E-state index in [4.69, 9.17) is 0 Å². The van der Waals surface area contributed by atoms with E-state index in [0.29, 0.717) is 49.2 Å². The Balaban J connectivity index is 1.30. The number of hydrogen-bond acceptors (Lipinski definition) is 5. The van der Waals surface area contributed by atoms with Crippen LogP contribution in [0.25, 0.3) is 11.2 Å². The molecule has 7 heteroatoms. The summed E-state index contributed by atoms with van der Waals surface area (Å²) >= 11 is 0. The zero-order valence-electron chi connectivity index (χ0n) is 17.1. The van der Waals surface area contributed by atoms with Gasteiger partial charge in [-0.05, 0) is 36.6 Å². The topological polar surface area (TPSA) is 84.1 Å². The van der Waals surface area contributed by atoms with Gasteiger partial charge in [0.2, 0.25) is 0 Å². The number of hydrogen-bond donors (Lipinski definition) is 1. The third-order valence-electron chi connectivity index (χ3n) is 5.92. The molecule has 0 aliphatic carbocycles. The summed E-state index contributed by atoms with van der Waals surface area (Å²) in [5.74, 6) is -0.0879. The summed E-state index contributed by atoms with van der Waals surface area (Å²) in [7, 11) is 0. The van der Waals surface area contributed by atoms with E-state index in [9.17, 15) is 9.90 Å². The number of carbonyl (C=O) groups excluding carboxylic acids is 1. The highest BCUT2D eigenvalue weighted by Gasteiger charge is 2.36. The Morgan fingerprint density at radius 3 is 2.52 bits per heavy atom. The van der Waals surface area contributed by atoms with Gasteiger partial charge in [0.05, 0.1) is 24.1 Å². The molecule has 156 valence electrons.